The molecule has 1 aliphatic rings. The molecule has 2 nitrogen and oxygen atoms in total. The van der Waals surface area contributed by atoms with Gasteiger partial charge in [-0.3, -0.25) is 0 Å². The fourth-order valence-corrected chi connectivity index (χ4v) is 3.11. The normalized spacial score (nSPS) is 19.1. The molecular weight excluding hydrogens is 240 g/mol. The van der Waals surface area contributed by atoms with E-state index in [-0.39, 0.29) is 12.4 Å². The number of halogens is 1. The zero-order valence-corrected chi connectivity index (χ0v) is 11.7. The van der Waals surface area contributed by atoms with E-state index in [1.807, 2.05) is 11.3 Å². The third-order valence-corrected chi connectivity index (χ3v) is 4.37. The highest BCUT2D eigenvalue weighted by Gasteiger charge is 2.19. The second-order valence-electron chi connectivity index (χ2n) is 4.44. The maximum Gasteiger partial charge on any atom is 0.0960 e. The van der Waals surface area contributed by atoms with Crippen molar-refractivity contribution in [3.8, 4) is 0 Å². The van der Waals surface area contributed by atoms with Gasteiger partial charge >= 0.3 is 0 Å². The summed E-state index contributed by atoms with van der Waals surface area (Å²) in [5, 5.41) is 7.02. The van der Waals surface area contributed by atoms with Crippen LogP contribution in [0.2, 0.25) is 0 Å². The summed E-state index contributed by atoms with van der Waals surface area (Å²) in [7, 11) is 0. The van der Waals surface area contributed by atoms with E-state index in [0.717, 1.165) is 13.1 Å². The van der Waals surface area contributed by atoms with Crippen molar-refractivity contribution in [1.29, 1.82) is 0 Å². The van der Waals surface area contributed by atoms with Crippen molar-refractivity contribution in [2.24, 2.45) is 0 Å². The van der Waals surface area contributed by atoms with Gasteiger partial charge in [-0.05, 0) is 38.3 Å². The third kappa shape index (κ3) is 3.19. The van der Waals surface area contributed by atoms with Gasteiger partial charge in [-0.25, -0.2) is 4.98 Å². The number of hydrogen-bond donors (Lipinski definition) is 1. The van der Waals surface area contributed by atoms with Gasteiger partial charge in [0.05, 0.1) is 10.7 Å². The third-order valence-electron chi connectivity index (χ3n) is 3.35. The van der Waals surface area contributed by atoms with Gasteiger partial charge in [-0.2, -0.15) is 0 Å². The Morgan fingerprint density at radius 1 is 1.50 bits per heavy atom. The van der Waals surface area contributed by atoms with Crippen molar-refractivity contribution < 1.29 is 0 Å². The first-order chi connectivity index (χ1) is 7.31. The minimum atomic E-state index is 0. The molecule has 0 aromatic carbocycles. The van der Waals surface area contributed by atoms with E-state index in [4.69, 9.17) is 4.98 Å². The average Bonchev–Trinajstić information content (AvgIpc) is 2.78. The van der Waals surface area contributed by atoms with Crippen LogP contribution >= 0.6 is 23.7 Å². The number of thiazole rings is 1. The Bertz CT molecular complexity index is 308. The lowest BCUT2D eigenvalue weighted by Crippen LogP contribution is -2.26. The van der Waals surface area contributed by atoms with Crippen LogP contribution in [0.5, 0.6) is 0 Å². The second kappa shape index (κ2) is 6.58. The van der Waals surface area contributed by atoms with Gasteiger partial charge < -0.3 is 5.32 Å². The first kappa shape index (κ1) is 13.9. The molecule has 1 fully saturated rings. The fourth-order valence-electron chi connectivity index (χ4n) is 1.99. The average molecular weight is 261 g/mol. The molecule has 1 N–H and O–H groups in total. The molecule has 2 rings (SSSR count). The molecule has 1 saturated heterocycles. The largest absolute Gasteiger partial charge is 0.317 e. The zero-order chi connectivity index (χ0) is 10.7. The van der Waals surface area contributed by atoms with E-state index in [0.29, 0.717) is 11.8 Å². The predicted molar refractivity (Wildman–Crippen MR) is 72.9 cm³/mol. The van der Waals surface area contributed by atoms with Crippen LogP contribution in [0, 0.1) is 0 Å². The SMILES string of the molecule is CCC(C)c1csc(C2CCNCC2)n1.Cl. The minimum Gasteiger partial charge on any atom is -0.317 e. The molecule has 0 bridgehead atoms. The van der Waals surface area contributed by atoms with Crippen LogP contribution in [0.1, 0.15) is 55.6 Å². The van der Waals surface area contributed by atoms with Gasteiger partial charge in [0.1, 0.15) is 0 Å². The number of hydrogen-bond acceptors (Lipinski definition) is 3. The van der Waals surface area contributed by atoms with Crippen LogP contribution < -0.4 is 5.32 Å². The van der Waals surface area contributed by atoms with Gasteiger partial charge in [0.15, 0.2) is 0 Å². The lowest BCUT2D eigenvalue weighted by Gasteiger charge is -2.20. The molecular formula is C12H21ClN2S. The van der Waals surface area contributed by atoms with Crippen LogP contribution in [-0.2, 0) is 0 Å². The molecule has 4 heteroatoms. The Morgan fingerprint density at radius 3 is 2.81 bits per heavy atom. The van der Waals surface area contributed by atoms with E-state index in [1.165, 1.54) is 30.0 Å². The quantitative estimate of drug-likeness (QED) is 0.899. The van der Waals surface area contributed by atoms with Gasteiger partial charge in [0.25, 0.3) is 0 Å². The van der Waals surface area contributed by atoms with Crippen molar-refractivity contribution >= 4 is 23.7 Å². The molecule has 0 radical (unpaired) electrons. The molecule has 1 atom stereocenters. The molecule has 0 amide bonds. The Labute approximate surface area is 108 Å². The topological polar surface area (TPSA) is 24.9 Å². The predicted octanol–water partition coefficient (Wildman–Crippen LogP) is 3.55. The minimum absolute atomic E-state index is 0. The van der Waals surface area contributed by atoms with E-state index in [2.05, 4.69) is 24.5 Å². The van der Waals surface area contributed by atoms with Crippen molar-refractivity contribution in [3.05, 3.63) is 16.1 Å². The maximum absolute atomic E-state index is 4.80. The van der Waals surface area contributed by atoms with Crippen LogP contribution in [0.25, 0.3) is 0 Å². The summed E-state index contributed by atoms with van der Waals surface area (Å²) in [6.45, 7) is 6.81. The molecule has 1 unspecified atom stereocenters. The number of nitrogens with zero attached hydrogens (tertiary/aromatic N) is 1. The lowest BCUT2D eigenvalue weighted by molar-refractivity contribution is 0.458. The summed E-state index contributed by atoms with van der Waals surface area (Å²) in [5.41, 5.74) is 1.30. The summed E-state index contributed by atoms with van der Waals surface area (Å²) >= 11 is 1.86. The van der Waals surface area contributed by atoms with Gasteiger partial charge in [0, 0.05) is 11.3 Å². The van der Waals surface area contributed by atoms with Crippen molar-refractivity contribution in [2.75, 3.05) is 13.1 Å². The summed E-state index contributed by atoms with van der Waals surface area (Å²) < 4.78 is 0. The summed E-state index contributed by atoms with van der Waals surface area (Å²) in [6.07, 6.45) is 3.70. The van der Waals surface area contributed by atoms with Gasteiger partial charge in [-0.15, -0.1) is 23.7 Å². The Kier molecular flexibility index (Phi) is 5.73. The summed E-state index contributed by atoms with van der Waals surface area (Å²) in [4.78, 5) is 4.80. The fraction of sp³-hybridized carbons (Fsp3) is 0.750. The lowest BCUT2D eigenvalue weighted by atomic mass is 9.99. The standard InChI is InChI=1S/C12H20N2S.ClH/c1-3-9(2)11-8-15-12(14-11)10-4-6-13-7-5-10;/h8-10,13H,3-7H2,1-2H3;1H. The number of nitrogens with one attached hydrogen (secondary N) is 1. The Morgan fingerprint density at radius 2 is 2.19 bits per heavy atom. The Hall–Kier alpha value is -0.120. The van der Waals surface area contributed by atoms with E-state index >= 15 is 0 Å². The van der Waals surface area contributed by atoms with E-state index < -0.39 is 0 Å². The smallest absolute Gasteiger partial charge is 0.0960 e. The summed E-state index contributed by atoms with van der Waals surface area (Å²) in [6, 6.07) is 0. The van der Waals surface area contributed by atoms with Crippen LogP contribution in [0.15, 0.2) is 5.38 Å². The van der Waals surface area contributed by atoms with E-state index in [1.54, 1.807) is 0 Å². The molecule has 2 heterocycles. The molecule has 92 valence electrons. The molecule has 1 aromatic heterocycles. The zero-order valence-electron chi connectivity index (χ0n) is 10.0. The summed E-state index contributed by atoms with van der Waals surface area (Å²) in [5.74, 6) is 1.34. The monoisotopic (exact) mass is 260 g/mol. The highest BCUT2D eigenvalue weighted by Crippen LogP contribution is 2.30. The molecule has 1 aliphatic heterocycles. The second-order valence-corrected chi connectivity index (χ2v) is 5.33. The number of aromatic nitrogens is 1. The van der Waals surface area contributed by atoms with Crippen LogP contribution in [-0.4, -0.2) is 18.1 Å². The number of piperidine rings is 1. The van der Waals surface area contributed by atoms with E-state index in [9.17, 15) is 0 Å². The highest BCUT2D eigenvalue weighted by molar-refractivity contribution is 7.09. The van der Waals surface area contributed by atoms with Crippen LogP contribution in [0.3, 0.4) is 0 Å². The Balaban J connectivity index is 0.00000128. The van der Waals surface area contributed by atoms with Gasteiger partial charge in [-0.1, -0.05) is 13.8 Å². The van der Waals surface area contributed by atoms with Crippen molar-refractivity contribution in [1.82, 2.24) is 10.3 Å². The van der Waals surface area contributed by atoms with Crippen molar-refractivity contribution in [2.45, 2.75) is 44.9 Å². The molecule has 1 aromatic rings. The molecule has 0 aliphatic carbocycles. The van der Waals surface area contributed by atoms with Gasteiger partial charge in [0.2, 0.25) is 0 Å². The molecule has 0 saturated carbocycles. The van der Waals surface area contributed by atoms with Crippen molar-refractivity contribution in [3.63, 3.8) is 0 Å². The molecule has 0 spiro atoms. The number of rotatable bonds is 3. The highest BCUT2D eigenvalue weighted by atomic mass is 35.5. The first-order valence-corrected chi connectivity index (χ1v) is 6.85. The van der Waals surface area contributed by atoms with Crippen LogP contribution in [0.4, 0.5) is 0 Å². The first-order valence-electron chi connectivity index (χ1n) is 5.97. The maximum atomic E-state index is 4.80. The molecule has 16 heavy (non-hydrogen) atoms.